The molecule has 0 heterocycles. The highest BCUT2D eigenvalue weighted by atomic mass is 16.4. The Bertz CT molecular complexity index is 461. The molecule has 19 heavy (non-hydrogen) atoms. The molecule has 1 aromatic rings. The van der Waals surface area contributed by atoms with Crippen molar-refractivity contribution in [3.05, 3.63) is 29.8 Å². The van der Waals surface area contributed by atoms with Crippen LogP contribution in [-0.4, -0.2) is 23.0 Å². The molecule has 0 radical (unpaired) electrons. The van der Waals surface area contributed by atoms with Gasteiger partial charge in [-0.1, -0.05) is 32.9 Å². The summed E-state index contributed by atoms with van der Waals surface area (Å²) < 4.78 is 0. The summed E-state index contributed by atoms with van der Waals surface area (Å²) in [6.45, 7) is 6.31. The van der Waals surface area contributed by atoms with Gasteiger partial charge in [-0.2, -0.15) is 0 Å². The number of rotatable bonds is 4. The molecule has 0 fully saturated rings. The molecule has 0 saturated heterocycles. The van der Waals surface area contributed by atoms with Crippen LogP contribution in [0.2, 0.25) is 0 Å². The van der Waals surface area contributed by atoms with Gasteiger partial charge in [-0.15, -0.1) is 0 Å². The van der Waals surface area contributed by atoms with E-state index in [9.17, 15) is 9.59 Å². The second-order valence-corrected chi connectivity index (χ2v) is 5.52. The summed E-state index contributed by atoms with van der Waals surface area (Å²) in [4.78, 5) is 22.1. The molecule has 0 spiro atoms. The Balaban J connectivity index is 2.63. The van der Waals surface area contributed by atoms with Gasteiger partial charge in [0, 0.05) is 5.69 Å². The Labute approximate surface area is 112 Å². The molecule has 104 valence electrons. The third kappa shape index (κ3) is 4.71. The molecule has 0 aliphatic rings. The summed E-state index contributed by atoms with van der Waals surface area (Å²) in [7, 11) is 0. The largest absolute Gasteiger partial charge is 0.480 e. The lowest BCUT2D eigenvalue weighted by molar-refractivity contribution is -0.140. The van der Waals surface area contributed by atoms with Gasteiger partial charge in [0.05, 0.1) is 6.42 Å². The number of nitrogens with one attached hydrogen (secondary N) is 1. The molecule has 0 saturated carbocycles. The summed E-state index contributed by atoms with van der Waals surface area (Å²) in [6, 6.07) is 6.29. The molecule has 1 unspecified atom stereocenters. The monoisotopic (exact) mass is 264 g/mol. The van der Waals surface area contributed by atoms with Crippen LogP contribution < -0.4 is 11.1 Å². The first-order valence-electron chi connectivity index (χ1n) is 6.09. The maximum absolute atomic E-state index is 11.6. The standard InChI is InChI=1S/C14H20N2O3/c1-14(2,3)9-4-6-10(7-5-9)16-12(17)8-11(15)13(18)19/h4-7,11H,8,15H2,1-3H3,(H,16,17)(H,18,19). The van der Waals surface area contributed by atoms with E-state index >= 15 is 0 Å². The quantitative estimate of drug-likeness (QED) is 0.772. The van der Waals surface area contributed by atoms with Crippen molar-refractivity contribution < 1.29 is 14.7 Å². The van der Waals surface area contributed by atoms with E-state index in [1.165, 1.54) is 0 Å². The normalized spacial score (nSPS) is 12.8. The van der Waals surface area contributed by atoms with Crippen LogP contribution in [0.1, 0.15) is 32.8 Å². The third-order valence-corrected chi connectivity index (χ3v) is 2.76. The predicted octanol–water partition coefficient (Wildman–Crippen LogP) is 1.72. The fraction of sp³-hybridized carbons (Fsp3) is 0.429. The van der Waals surface area contributed by atoms with Gasteiger partial charge in [0.15, 0.2) is 0 Å². The summed E-state index contributed by atoms with van der Waals surface area (Å²) in [5, 5.41) is 11.2. The maximum Gasteiger partial charge on any atom is 0.321 e. The third-order valence-electron chi connectivity index (χ3n) is 2.76. The van der Waals surface area contributed by atoms with Crippen LogP contribution in [0.15, 0.2) is 24.3 Å². The molecule has 0 bridgehead atoms. The van der Waals surface area contributed by atoms with Crippen LogP contribution >= 0.6 is 0 Å². The van der Waals surface area contributed by atoms with Crippen molar-refractivity contribution in [3.8, 4) is 0 Å². The zero-order valence-electron chi connectivity index (χ0n) is 11.4. The molecule has 0 aliphatic heterocycles. The van der Waals surface area contributed by atoms with E-state index in [-0.39, 0.29) is 11.8 Å². The highest BCUT2D eigenvalue weighted by molar-refractivity contribution is 5.93. The van der Waals surface area contributed by atoms with Crippen LogP contribution in [0.4, 0.5) is 5.69 Å². The number of hydrogen-bond acceptors (Lipinski definition) is 3. The van der Waals surface area contributed by atoms with Crippen LogP contribution in [0, 0.1) is 0 Å². The topological polar surface area (TPSA) is 92.4 Å². The summed E-state index contributed by atoms with van der Waals surface area (Å²) in [6.07, 6.45) is -0.240. The molecular formula is C14H20N2O3. The Morgan fingerprint density at radius 3 is 2.21 bits per heavy atom. The SMILES string of the molecule is CC(C)(C)c1ccc(NC(=O)CC(N)C(=O)O)cc1. The number of carbonyl (C=O) groups excluding carboxylic acids is 1. The lowest BCUT2D eigenvalue weighted by Crippen LogP contribution is -2.34. The smallest absolute Gasteiger partial charge is 0.321 e. The summed E-state index contributed by atoms with van der Waals surface area (Å²) in [5.74, 6) is -1.59. The number of benzene rings is 1. The lowest BCUT2D eigenvalue weighted by Gasteiger charge is -2.19. The van der Waals surface area contributed by atoms with Crippen LogP contribution in [0.5, 0.6) is 0 Å². The molecule has 0 aliphatic carbocycles. The predicted molar refractivity (Wildman–Crippen MR) is 74.0 cm³/mol. The van der Waals surface area contributed by atoms with Crippen molar-refractivity contribution in [2.75, 3.05) is 5.32 Å². The fourth-order valence-corrected chi connectivity index (χ4v) is 1.55. The molecule has 5 nitrogen and oxygen atoms in total. The molecular weight excluding hydrogens is 244 g/mol. The van der Waals surface area contributed by atoms with E-state index in [2.05, 4.69) is 26.1 Å². The first kappa shape index (κ1) is 15.2. The van der Waals surface area contributed by atoms with Crippen molar-refractivity contribution in [2.24, 2.45) is 5.73 Å². The summed E-state index contributed by atoms with van der Waals surface area (Å²) in [5.41, 5.74) is 7.14. The first-order chi connectivity index (χ1) is 8.70. The number of carboxylic acid groups (broad SMARTS) is 1. The average Bonchev–Trinajstić information content (AvgIpc) is 2.28. The Morgan fingerprint density at radius 2 is 1.79 bits per heavy atom. The van der Waals surface area contributed by atoms with E-state index in [0.717, 1.165) is 5.56 Å². The summed E-state index contributed by atoms with van der Waals surface area (Å²) >= 11 is 0. The maximum atomic E-state index is 11.6. The molecule has 1 rings (SSSR count). The zero-order chi connectivity index (χ0) is 14.6. The minimum atomic E-state index is -1.18. The van der Waals surface area contributed by atoms with Crippen LogP contribution in [0.25, 0.3) is 0 Å². The second kappa shape index (κ2) is 5.84. The first-order valence-corrected chi connectivity index (χ1v) is 6.09. The number of carbonyl (C=O) groups is 2. The molecule has 1 atom stereocenters. The van der Waals surface area contributed by atoms with Gasteiger partial charge in [-0.3, -0.25) is 9.59 Å². The number of amides is 1. The van der Waals surface area contributed by atoms with Crippen molar-refractivity contribution >= 4 is 17.6 Å². The van der Waals surface area contributed by atoms with Crippen LogP contribution in [-0.2, 0) is 15.0 Å². The number of hydrogen-bond donors (Lipinski definition) is 3. The highest BCUT2D eigenvalue weighted by Crippen LogP contribution is 2.23. The van der Waals surface area contributed by atoms with Gasteiger partial charge in [-0.25, -0.2) is 0 Å². The minimum absolute atomic E-state index is 0.0498. The van der Waals surface area contributed by atoms with Crippen molar-refractivity contribution in [1.29, 1.82) is 0 Å². The van der Waals surface area contributed by atoms with Crippen molar-refractivity contribution in [3.63, 3.8) is 0 Å². The zero-order valence-corrected chi connectivity index (χ0v) is 11.4. The Kier molecular flexibility index (Phi) is 4.67. The van der Waals surface area contributed by atoms with Crippen LogP contribution in [0.3, 0.4) is 0 Å². The Hall–Kier alpha value is -1.88. The van der Waals surface area contributed by atoms with Gasteiger partial charge >= 0.3 is 5.97 Å². The van der Waals surface area contributed by atoms with Crippen molar-refractivity contribution in [1.82, 2.24) is 0 Å². The average molecular weight is 264 g/mol. The number of aliphatic carboxylic acids is 1. The van der Waals surface area contributed by atoms with E-state index in [1.807, 2.05) is 12.1 Å². The van der Waals surface area contributed by atoms with E-state index in [0.29, 0.717) is 5.69 Å². The van der Waals surface area contributed by atoms with Gasteiger partial charge in [0.2, 0.25) is 5.91 Å². The van der Waals surface area contributed by atoms with Gasteiger partial charge in [0.1, 0.15) is 6.04 Å². The number of anilines is 1. The van der Waals surface area contributed by atoms with Gasteiger partial charge in [-0.05, 0) is 23.1 Å². The Morgan fingerprint density at radius 1 is 1.26 bits per heavy atom. The number of nitrogens with two attached hydrogens (primary N) is 1. The molecule has 1 aromatic carbocycles. The molecule has 1 amide bonds. The van der Waals surface area contributed by atoms with E-state index in [1.54, 1.807) is 12.1 Å². The van der Waals surface area contributed by atoms with Gasteiger partial charge in [0.25, 0.3) is 0 Å². The van der Waals surface area contributed by atoms with E-state index in [4.69, 9.17) is 10.8 Å². The van der Waals surface area contributed by atoms with Crippen molar-refractivity contribution in [2.45, 2.75) is 38.6 Å². The molecule has 0 aromatic heterocycles. The number of carboxylic acids is 1. The molecule has 5 heteroatoms. The second-order valence-electron chi connectivity index (χ2n) is 5.52. The minimum Gasteiger partial charge on any atom is -0.480 e. The van der Waals surface area contributed by atoms with Gasteiger partial charge < -0.3 is 16.2 Å². The highest BCUT2D eigenvalue weighted by Gasteiger charge is 2.17. The fourth-order valence-electron chi connectivity index (χ4n) is 1.55. The lowest BCUT2D eigenvalue weighted by atomic mass is 9.87. The van der Waals surface area contributed by atoms with E-state index < -0.39 is 17.9 Å². The molecule has 4 N–H and O–H groups in total.